The zero-order valence-corrected chi connectivity index (χ0v) is 37.7. The average Bonchev–Trinajstić information content (AvgIpc) is 3.20. The van der Waals surface area contributed by atoms with Gasteiger partial charge in [-0.25, -0.2) is 0 Å². The van der Waals surface area contributed by atoms with E-state index in [9.17, 15) is 19.8 Å². The second-order valence-electron chi connectivity index (χ2n) is 16.5. The van der Waals surface area contributed by atoms with E-state index in [1.807, 2.05) is 0 Å². The quantitative estimate of drug-likeness (QED) is 0.0324. The van der Waals surface area contributed by atoms with Crippen LogP contribution in [0.1, 0.15) is 239 Å². The number of aliphatic hydroxyl groups is 2. The lowest BCUT2D eigenvalue weighted by Crippen LogP contribution is -2.46. The molecule has 3 unspecified atom stereocenters. The van der Waals surface area contributed by atoms with E-state index < -0.39 is 18.2 Å². The third kappa shape index (κ3) is 40.4. The second kappa shape index (κ2) is 44.9. The minimum atomic E-state index is -0.791. The molecule has 0 aliphatic rings. The first-order valence-electron chi connectivity index (χ1n) is 24.4. The molecule has 1 amide bonds. The highest BCUT2D eigenvalue weighted by molar-refractivity contribution is 5.77. The average molecular weight is 800 g/mol. The van der Waals surface area contributed by atoms with Gasteiger partial charge in [-0.05, 0) is 83.5 Å². The number of amides is 1. The molecule has 0 fully saturated rings. The fourth-order valence-electron chi connectivity index (χ4n) is 7.12. The van der Waals surface area contributed by atoms with Gasteiger partial charge in [0.2, 0.25) is 5.91 Å². The SMILES string of the molecule is CCCC/C=C\CCCCCC(CC(=O)NC(CO)C(O)CCCCCCCCCCCC)OC(=O)CCCCCCCC/C=C\C/C=C\C/C=C\CCCCC. The van der Waals surface area contributed by atoms with Crippen LogP contribution in [0.4, 0.5) is 0 Å². The molecule has 0 aromatic rings. The van der Waals surface area contributed by atoms with Gasteiger partial charge in [0.25, 0.3) is 0 Å². The summed E-state index contributed by atoms with van der Waals surface area (Å²) >= 11 is 0. The Morgan fingerprint density at radius 1 is 0.509 bits per heavy atom. The highest BCUT2D eigenvalue weighted by Gasteiger charge is 2.24. The molecule has 57 heavy (non-hydrogen) atoms. The molecule has 6 heteroatoms. The van der Waals surface area contributed by atoms with Crippen molar-refractivity contribution < 1.29 is 24.5 Å². The largest absolute Gasteiger partial charge is 0.462 e. The van der Waals surface area contributed by atoms with E-state index in [1.54, 1.807) is 0 Å². The molecule has 3 atom stereocenters. The molecule has 0 saturated heterocycles. The van der Waals surface area contributed by atoms with Crippen molar-refractivity contribution in [3.63, 3.8) is 0 Å². The summed E-state index contributed by atoms with van der Waals surface area (Å²) in [6.07, 6.45) is 53.2. The fraction of sp³-hybridized carbons (Fsp3) is 0.804. The van der Waals surface area contributed by atoms with Gasteiger partial charge in [0.15, 0.2) is 0 Å². The Hall–Kier alpha value is -2.18. The first-order chi connectivity index (χ1) is 28.0. The number of carbonyl (C=O) groups is 2. The lowest BCUT2D eigenvalue weighted by molar-refractivity contribution is -0.151. The van der Waals surface area contributed by atoms with Gasteiger partial charge < -0.3 is 20.3 Å². The molecular formula is C51H93NO5. The lowest BCUT2D eigenvalue weighted by Gasteiger charge is -2.24. The molecule has 0 rings (SSSR count). The molecule has 0 aromatic heterocycles. The highest BCUT2D eigenvalue weighted by atomic mass is 16.5. The van der Waals surface area contributed by atoms with Crippen LogP contribution in [0, 0.1) is 0 Å². The van der Waals surface area contributed by atoms with Crippen molar-refractivity contribution in [3.05, 3.63) is 48.6 Å². The Morgan fingerprint density at radius 3 is 1.47 bits per heavy atom. The van der Waals surface area contributed by atoms with E-state index in [-0.39, 0.29) is 24.9 Å². The molecule has 0 aromatic carbocycles. The summed E-state index contributed by atoms with van der Waals surface area (Å²) in [5.41, 5.74) is 0. The van der Waals surface area contributed by atoms with E-state index in [1.165, 1.54) is 103 Å². The topological polar surface area (TPSA) is 95.9 Å². The Labute approximate surface area is 353 Å². The van der Waals surface area contributed by atoms with Crippen molar-refractivity contribution in [2.24, 2.45) is 0 Å². The first-order valence-corrected chi connectivity index (χ1v) is 24.4. The van der Waals surface area contributed by atoms with Crippen molar-refractivity contribution in [2.45, 2.75) is 257 Å². The molecular weight excluding hydrogens is 707 g/mol. The van der Waals surface area contributed by atoms with Crippen LogP contribution in [0.3, 0.4) is 0 Å². The maximum Gasteiger partial charge on any atom is 0.306 e. The Kier molecular flexibility index (Phi) is 43.2. The van der Waals surface area contributed by atoms with E-state index in [4.69, 9.17) is 4.74 Å². The summed E-state index contributed by atoms with van der Waals surface area (Å²) in [5, 5.41) is 23.6. The van der Waals surface area contributed by atoms with Gasteiger partial charge in [0.1, 0.15) is 6.10 Å². The number of nitrogens with one attached hydrogen (secondary N) is 1. The molecule has 0 spiro atoms. The van der Waals surface area contributed by atoms with Gasteiger partial charge >= 0.3 is 5.97 Å². The van der Waals surface area contributed by atoms with E-state index in [2.05, 4.69) is 74.7 Å². The summed E-state index contributed by atoms with van der Waals surface area (Å²) in [4.78, 5) is 26.0. The molecule has 0 heterocycles. The minimum Gasteiger partial charge on any atom is -0.462 e. The van der Waals surface area contributed by atoms with Crippen LogP contribution < -0.4 is 5.32 Å². The predicted molar refractivity (Wildman–Crippen MR) is 245 cm³/mol. The maximum atomic E-state index is 13.1. The predicted octanol–water partition coefficient (Wildman–Crippen LogP) is 14.3. The van der Waals surface area contributed by atoms with Crippen LogP contribution in [0.5, 0.6) is 0 Å². The molecule has 0 aliphatic carbocycles. The molecule has 0 bridgehead atoms. The Bertz CT molecular complexity index is 988. The molecule has 6 nitrogen and oxygen atoms in total. The van der Waals surface area contributed by atoms with Crippen molar-refractivity contribution in [1.82, 2.24) is 5.32 Å². The normalized spacial score (nSPS) is 13.7. The zero-order valence-electron chi connectivity index (χ0n) is 37.7. The molecule has 0 radical (unpaired) electrons. The number of hydrogen-bond acceptors (Lipinski definition) is 5. The molecule has 3 N–H and O–H groups in total. The summed E-state index contributed by atoms with van der Waals surface area (Å²) in [6.45, 7) is 6.38. The third-order valence-electron chi connectivity index (χ3n) is 10.9. The maximum absolute atomic E-state index is 13.1. The molecule has 0 aliphatic heterocycles. The number of ether oxygens (including phenoxy) is 1. The summed E-state index contributed by atoms with van der Waals surface area (Å²) in [6, 6.07) is -0.706. The fourth-order valence-corrected chi connectivity index (χ4v) is 7.12. The van der Waals surface area contributed by atoms with Crippen LogP contribution >= 0.6 is 0 Å². The zero-order chi connectivity index (χ0) is 41.7. The number of allylic oxidation sites excluding steroid dienone is 8. The van der Waals surface area contributed by atoms with E-state index >= 15 is 0 Å². The second-order valence-corrected chi connectivity index (χ2v) is 16.5. The van der Waals surface area contributed by atoms with Crippen LogP contribution in [-0.4, -0.2) is 46.9 Å². The number of carbonyl (C=O) groups excluding carboxylic acids is 2. The molecule has 0 saturated carbocycles. The van der Waals surface area contributed by atoms with Gasteiger partial charge in [-0.2, -0.15) is 0 Å². The number of rotatable bonds is 43. The summed E-state index contributed by atoms with van der Waals surface area (Å²) in [7, 11) is 0. The lowest BCUT2D eigenvalue weighted by atomic mass is 10.0. The smallest absolute Gasteiger partial charge is 0.306 e. The standard InChI is InChI=1S/C51H93NO5/c1-4-7-10-13-16-19-21-22-23-24-25-26-27-28-29-32-35-38-41-44-51(56)57-47(42-39-36-33-30-18-15-12-9-6-3)45-50(55)52-48(46-53)49(54)43-40-37-34-31-20-17-14-11-8-5-2/h15-16,18-19,22-23,25-26,47-49,53-54H,4-14,17,20-21,24,27-46H2,1-3H3,(H,52,55)/b18-15-,19-16-,23-22-,26-25-. The van der Waals surface area contributed by atoms with Gasteiger partial charge in [0.05, 0.1) is 25.2 Å². The summed E-state index contributed by atoms with van der Waals surface area (Å²) in [5.74, 6) is -0.506. The number of unbranched alkanes of at least 4 members (excludes halogenated alkanes) is 23. The first kappa shape index (κ1) is 54.8. The van der Waals surface area contributed by atoms with E-state index in [0.717, 1.165) is 89.9 Å². The highest BCUT2D eigenvalue weighted by Crippen LogP contribution is 2.17. The number of aliphatic hydroxyl groups excluding tert-OH is 2. The third-order valence-corrected chi connectivity index (χ3v) is 10.9. The van der Waals surface area contributed by atoms with Crippen LogP contribution in [-0.2, 0) is 14.3 Å². The Balaban J connectivity index is 4.49. The van der Waals surface area contributed by atoms with Crippen molar-refractivity contribution >= 4 is 11.9 Å². The van der Waals surface area contributed by atoms with Gasteiger partial charge in [-0.15, -0.1) is 0 Å². The number of hydrogen-bond donors (Lipinski definition) is 3. The Morgan fingerprint density at radius 2 is 0.912 bits per heavy atom. The van der Waals surface area contributed by atoms with Crippen LogP contribution in [0.25, 0.3) is 0 Å². The van der Waals surface area contributed by atoms with Crippen molar-refractivity contribution in [3.8, 4) is 0 Å². The molecule has 332 valence electrons. The minimum absolute atomic E-state index is 0.0609. The summed E-state index contributed by atoms with van der Waals surface area (Å²) < 4.78 is 5.89. The van der Waals surface area contributed by atoms with Crippen molar-refractivity contribution in [2.75, 3.05) is 6.61 Å². The number of esters is 1. The van der Waals surface area contributed by atoms with Crippen LogP contribution in [0.15, 0.2) is 48.6 Å². The van der Waals surface area contributed by atoms with Gasteiger partial charge in [-0.1, -0.05) is 191 Å². The van der Waals surface area contributed by atoms with Gasteiger partial charge in [0, 0.05) is 6.42 Å². The van der Waals surface area contributed by atoms with E-state index in [0.29, 0.717) is 19.3 Å². The van der Waals surface area contributed by atoms with Crippen LogP contribution in [0.2, 0.25) is 0 Å². The monoisotopic (exact) mass is 800 g/mol. The van der Waals surface area contributed by atoms with Gasteiger partial charge in [-0.3, -0.25) is 9.59 Å². The van der Waals surface area contributed by atoms with Crippen molar-refractivity contribution in [1.29, 1.82) is 0 Å².